The van der Waals surface area contributed by atoms with Crippen LogP contribution in [-0.2, 0) is 6.54 Å². The van der Waals surface area contributed by atoms with Gasteiger partial charge in [0.25, 0.3) is 0 Å². The van der Waals surface area contributed by atoms with Crippen LogP contribution in [0.2, 0.25) is 0 Å². The molecule has 0 unspecified atom stereocenters. The average molecular weight is 341 g/mol. The van der Waals surface area contributed by atoms with Crippen LogP contribution in [0.15, 0.2) is 22.7 Å². The summed E-state index contributed by atoms with van der Waals surface area (Å²) in [6, 6.07) is 5.67. The van der Waals surface area contributed by atoms with E-state index in [0.717, 1.165) is 15.5 Å². The molecule has 0 radical (unpaired) electrons. The molecule has 0 saturated heterocycles. The van der Waals surface area contributed by atoms with E-state index in [1.807, 2.05) is 39.0 Å². The van der Waals surface area contributed by atoms with Gasteiger partial charge < -0.3 is 10.0 Å². The Hall–Kier alpha value is -1.63. The molecule has 0 spiro atoms. The first-order valence-electron chi connectivity index (χ1n) is 6.29. The second-order valence-corrected chi connectivity index (χ2v) is 6.36. The van der Waals surface area contributed by atoms with E-state index in [1.54, 1.807) is 0 Å². The maximum absolute atomic E-state index is 11.3. The Morgan fingerprint density at radius 2 is 2.10 bits per heavy atom. The van der Waals surface area contributed by atoms with Gasteiger partial charge in [-0.2, -0.15) is 15.0 Å². The van der Waals surface area contributed by atoms with Crippen LogP contribution in [-0.4, -0.2) is 43.2 Å². The Bertz CT molecular complexity index is 633. The number of rotatable bonds is 3. The molecule has 0 saturated carbocycles. The molecule has 20 heavy (non-hydrogen) atoms. The van der Waals surface area contributed by atoms with Crippen molar-refractivity contribution < 1.29 is 9.90 Å². The first-order valence-corrected chi connectivity index (χ1v) is 7.08. The fraction of sp³-hybridized carbons (Fsp3) is 0.462. The molecule has 2 rings (SSSR count). The zero-order chi connectivity index (χ0) is 14.9. The Morgan fingerprint density at radius 3 is 2.65 bits per heavy atom. The van der Waals surface area contributed by atoms with Gasteiger partial charge in [0.05, 0.1) is 6.54 Å². The summed E-state index contributed by atoms with van der Waals surface area (Å²) < 4.78 is 0.882. The third kappa shape index (κ3) is 3.09. The van der Waals surface area contributed by atoms with E-state index in [4.69, 9.17) is 0 Å². The molecule has 108 valence electrons. The highest BCUT2D eigenvalue weighted by atomic mass is 79.9. The first kappa shape index (κ1) is 14.8. The van der Waals surface area contributed by atoms with Crippen molar-refractivity contribution in [1.82, 2.24) is 19.9 Å². The van der Waals surface area contributed by atoms with Crippen LogP contribution in [0.5, 0.6) is 0 Å². The van der Waals surface area contributed by atoms with Crippen molar-refractivity contribution in [2.75, 3.05) is 6.54 Å². The third-order valence-electron chi connectivity index (χ3n) is 2.97. The van der Waals surface area contributed by atoms with Gasteiger partial charge in [-0.1, -0.05) is 6.07 Å². The van der Waals surface area contributed by atoms with Crippen molar-refractivity contribution in [1.29, 1.82) is 0 Å². The van der Waals surface area contributed by atoms with Gasteiger partial charge in [0.1, 0.15) is 11.0 Å². The number of carboxylic acid groups (broad SMARTS) is 1. The monoisotopic (exact) mass is 340 g/mol. The fourth-order valence-electron chi connectivity index (χ4n) is 1.95. The van der Waals surface area contributed by atoms with E-state index >= 15 is 0 Å². The molecule has 7 heteroatoms. The molecule has 1 heterocycles. The summed E-state index contributed by atoms with van der Waals surface area (Å²) in [7, 11) is 0. The van der Waals surface area contributed by atoms with Gasteiger partial charge in [-0.15, -0.1) is 0 Å². The van der Waals surface area contributed by atoms with Gasteiger partial charge in [0, 0.05) is 16.6 Å². The molecule has 0 atom stereocenters. The van der Waals surface area contributed by atoms with E-state index in [9.17, 15) is 9.90 Å². The molecule has 2 aromatic rings. The zero-order valence-corrected chi connectivity index (χ0v) is 13.3. The second kappa shape index (κ2) is 5.40. The quantitative estimate of drug-likeness (QED) is 0.932. The van der Waals surface area contributed by atoms with Gasteiger partial charge in [0.15, 0.2) is 0 Å². The topological polar surface area (TPSA) is 71.2 Å². The number of carbonyl (C=O) groups is 1. The van der Waals surface area contributed by atoms with E-state index in [0.29, 0.717) is 13.1 Å². The van der Waals surface area contributed by atoms with Crippen LogP contribution in [0.3, 0.4) is 0 Å². The van der Waals surface area contributed by atoms with E-state index in [2.05, 4.69) is 26.1 Å². The summed E-state index contributed by atoms with van der Waals surface area (Å²) in [4.78, 5) is 14.2. The molecule has 1 amide bonds. The Morgan fingerprint density at radius 1 is 1.40 bits per heavy atom. The minimum atomic E-state index is -0.935. The molecule has 6 nitrogen and oxygen atoms in total. The normalized spacial score (nSPS) is 11.8. The third-order valence-corrected chi connectivity index (χ3v) is 3.61. The second-order valence-electron chi connectivity index (χ2n) is 5.51. The largest absolute Gasteiger partial charge is 0.465 e. The Balaban J connectivity index is 2.16. The number of halogens is 1. The van der Waals surface area contributed by atoms with Crippen molar-refractivity contribution in [3.63, 3.8) is 0 Å². The number of nitrogens with zero attached hydrogens (tertiary/aromatic N) is 4. The average Bonchev–Trinajstić information content (AvgIpc) is 2.71. The highest BCUT2D eigenvalue weighted by Gasteiger charge is 2.25. The van der Waals surface area contributed by atoms with Crippen LogP contribution in [0, 0.1) is 0 Å². The highest BCUT2D eigenvalue weighted by Crippen LogP contribution is 2.20. The summed E-state index contributed by atoms with van der Waals surface area (Å²) in [5.41, 5.74) is 1.13. The molecule has 0 aliphatic heterocycles. The maximum atomic E-state index is 11.3. The number of amides is 1. The SMILES string of the molecule is CC(C)(C)N(CCn1nc2cccc(Br)c2n1)C(=O)O. The van der Waals surface area contributed by atoms with Gasteiger partial charge >= 0.3 is 6.09 Å². The molecule has 0 bridgehead atoms. The van der Waals surface area contributed by atoms with Crippen molar-refractivity contribution >= 4 is 33.1 Å². The first-order chi connectivity index (χ1) is 9.29. The smallest absolute Gasteiger partial charge is 0.407 e. The Kier molecular flexibility index (Phi) is 3.99. The summed E-state index contributed by atoms with van der Waals surface area (Å²) in [5.74, 6) is 0. The van der Waals surface area contributed by atoms with Crippen molar-refractivity contribution in [3.05, 3.63) is 22.7 Å². The molecule has 0 aliphatic carbocycles. The summed E-state index contributed by atoms with van der Waals surface area (Å²) in [5, 5.41) is 17.9. The molecule has 1 N–H and O–H groups in total. The van der Waals surface area contributed by atoms with Crippen LogP contribution < -0.4 is 0 Å². The van der Waals surface area contributed by atoms with Crippen molar-refractivity contribution in [3.8, 4) is 0 Å². The minimum absolute atomic E-state index is 0.345. The summed E-state index contributed by atoms with van der Waals surface area (Å²) >= 11 is 3.42. The maximum Gasteiger partial charge on any atom is 0.407 e. The zero-order valence-electron chi connectivity index (χ0n) is 11.7. The van der Waals surface area contributed by atoms with E-state index < -0.39 is 11.6 Å². The van der Waals surface area contributed by atoms with Crippen molar-refractivity contribution in [2.45, 2.75) is 32.9 Å². The van der Waals surface area contributed by atoms with Gasteiger partial charge in [-0.3, -0.25) is 0 Å². The predicted molar refractivity (Wildman–Crippen MR) is 79.7 cm³/mol. The number of fused-ring (bicyclic) bond motifs is 1. The molecule has 0 aliphatic rings. The summed E-state index contributed by atoms with van der Waals surface area (Å²) in [6.45, 7) is 6.36. The Labute approximate surface area is 125 Å². The number of benzene rings is 1. The molecule has 0 fully saturated rings. The molecule has 1 aromatic heterocycles. The molecular formula is C13H17BrN4O2. The van der Waals surface area contributed by atoms with Crippen LogP contribution in [0.25, 0.3) is 11.0 Å². The fourth-order valence-corrected chi connectivity index (χ4v) is 2.39. The number of hydrogen-bond acceptors (Lipinski definition) is 3. The predicted octanol–water partition coefficient (Wildman–Crippen LogP) is 2.97. The minimum Gasteiger partial charge on any atom is -0.465 e. The lowest BCUT2D eigenvalue weighted by Crippen LogP contribution is -2.46. The van der Waals surface area contributed by atoms with Crippen LogP contribution in [0.1, 0.15) is 20.8 Å². The molecular weight excluding hydrogens is 324 g/mol. The van der Waals surface area contributed by atoms with Crippen LogP contribution in [0.4, 0.5) is 4.79 Å². The lowest BCUT2D eigenvalue weighted by molar-refractivity contribution is 0.0963. The van der Waals surface area contributed by atoms with Crippen molar-refractivity contribution in [2.24, 2.45) is 0 Å². The van der Waals surface area contributed by atoms with Crippen LogP contribution >= 0.6 is 15.9 Å². The number of aromatic nitrogens is 3. The van der Waals surface area contributed by atoms with Gasteiger partial charge in [-0.05, 0) is 48.8 Å². The summed E-state index contributed by atoms with van der Waals surface area (Å²) in [6.07, 6.45) is -0.935. The van der Waals surface area contributed by atoms with Gasteiger partial charge in [-0.25, -0.2) is 4.79 Å². The van der Waals surface area contributed by atoms with E-state index in [-0.39, 0.29) is 0 Å². The standard InChI is InChI=1S/C13H17BrN4O2/c1-13(2,3)17(12(19)20)7-8-18-15-10-6-4-5-9(14)11(10)16-18/h4-6H,7-8H2,1-3H3,(H,19,20). The van der Waals surface area contributed by atoms with Gasteiger partial charge in [0.2, 0.25) is 0 Å². The lowest BCUT2D eigenvalue weighted by atomic mass is 10.1. The lowest BCUT2D eigenvalue weighted by Gasteiger charge is -2.32. The highest BCUT2D eigenvalue weighted by molar-refractivity contribution is 9.10. The number of hydrogen-bond donors (Lipinski definition) is 1. The van der Waals surface area contributed by atoms with E-state index in [1.165, 1.54) is 9.70 Å². The molecule has 1 aromatic carbocycles.